The minimum atomic E-state index is -3.70. The molecule has 0 heterocycles. The number of carbonyl (C=O) groups is 1. The van der Waals surface area contributed by atoms with Gasteiger partial charge in [-0.15, -0.1) is 0 Å². The highest BCUT2D eigenvalue weighted by Crippen LogP contribution is 2.24. The molecule has 28 heavy (non-hydrogen) atoms. The van der Waals surface area contributed by atoms with E-state index in [-0.39, 0.29) is 28.8 Å². The number of nitrogens with one attached hydrogen (secondary N) is 1. The first kappa shape index (κ1) is 22.1. The van der Waals surface area contributed by atoms with Crippen molar-refractivity contribution in [2.75, 3.05) is 13.6 Å². The molecule has 6 heteroatoms. The number of nitrogens with zero attached hydrogens (tertiary/aromatic N) is 1. The minimum Gasteiger partial charge on any atom is -0.348 e. The third kappa shape index (κ3) is 5.42. The average Bonchev–Trinajstić information content (AvgIpc) is 2.61. The molecule has 0 aliphatic carbocycles. The van der Waals surface area contributed by atoms with Crippen LogP contribution in [0.5, 0.6) is 0 Å². The van der Waals surface area contributed by atoms with Crippen LogP contribution in [0.1, 0.15) is 50.4 Å². The van der Waals surface area contributed by atoms with Crippen LogP contribution < -0.4 is 5.32 Å². The van der Waals surface area contributed by atoms with Crippen LogP contribution in [0.3, 0.4) is 0 Å². The number of sulfonamides is 1. The first-order chi connectivity index (χ1) is 12.9. The second kappa shape index (κ2) is 8.45. The predicted octanol–water partition coefficient (Wildman–Crippen LogP) is 3.79. The standard InChI is InChI=1S/C22H30N2O3S/c1-16-7-13-20(14-8-16)28(26,27)24(6)15-21(25)23-17(2)18-9-11-19(12-10-18)22(3,4)5/h7-14,17H,15H2,1-6H3,(H,23,25)/t17-/m0/s1. The zero-order valence-electron chi connectivity index (χ0n) is 17.5. The van der Waals surface area contributed by atoms with Crippen molar-refractivity contribution in [2.24, 2.45) is 0 Å². The minimum absolute atomic E-state index is 0.0675. The molecular formula is C22H30N2O3S. The number of hydrogen-bond donors (Lipinski definition) is 1. The third-order valence-electron chi connectivity index (χ3n) is 4.75. The lowest BCUT2D eigenvalue weighted by Gasteiger charge is -2.22. The Morgan fingerprint density at radius 3 is 2.07 bits per heavy atom. The first-order valence-corrected chi connectivity index (χ1v) is 10.8. The van der Waals surface area contributed by atoms with Gasteiger partial charge >= 0.3 is 0 Å². The summed E-state index contributed by atoms with van der Waals surface area (Å²) in [5, 5.41) is 2.87. The fourth-order valence-electron chi connectivity index (χ4n) is 2.82. The molecule has 0 spiro atoms. The highest BCUT2D eigenvalue weighted by molar-refractivity contribution is 7.89. The van der Waals surface area contributed by atoms with E-state index in [0.717, 1.165) is 15.4 Å². The highest BCUT2D eigenvalue weighted by atomic mass is 32.2. The molecule has 152 valence electrons. The maximum Gasteiger partial charge on any atom is 0.243 e. The third-order valence-corrected chi connectivity index (χ3v) is 6.57. The van der Waals surface area contributed by atoms with Gasteiger partial charge in [-0.05, 0) is 42.5 Å². The van der Waals surface area contributed by atoms with E-state index >= 15 is 0 Å². The normalized spacial score (nSPS) is 13.4. The molecule has 2 aromatic carbocycles. The second-order valence-corrected chi connectivity index (χ2v) is 10.3. The number of benzene rings is 2. The van der Waals surface area contributed by atoms with Gasteiger partial charge in [-0.25, -0.2) is 8.42 Å². The predicted molar refractivity (Wildman–Crippen MR) is 113 cm³/mol. The Balaban J connectivity index is 2.01. The van der Waals surface area contributed by atoms with E-state index in [1.807, 2.05) is 26.0 Å². The van der Waals surface area contributed by atoms with Crippen molar-refractivity contribution in [1.29, 1.82) is 0 Å². The van der Waals surface area contributed by atoms with E-state index in [0.29, 0.717) is 0 Å². The summed E-state index contributed by atoms with van der Waals surface area (Å²) in [7, 11) is -2.29. The van der Waals surface area contributed by atoms with Crippen molar-refractivity contribution in [3.8, 4) is 0 Å². The van der Waals surface area contributed by atoms with Crippen LogP contribution in [0.15, 0.2) is 53.4 Å². The zero-order chi connectivity index (χ0) is 21.1. The summed E-state index contributed by atoms with van der Waals surface area (Å²) in [6, 6.07) is 14.5. The Morgan fingerprint density at radius 1 is 1.04 bits per heavy atom. The average molecular weight is 403 g/mol. The molecular weight excluding hydrogens is 372 g/mol. The number of hydrogen-bond acceptors (Lipinski definition) is 3. The Hall–Kier alpha value is -2.18. The SMILES string of the molecule is Cc1ccc(S(=O)(=O)N(C)CC(=O)N[C@@H](C)c2ccc(C(C)(C)C)cc2)cc1. The molecule has 0 saturated heterocycles. The lowest BCUT2D eigenvalue weighted by atomic mass is 9.86. The largest absolute Gasteiger partial charge is 0.348 e. The summed E-state index contributed by atoms with van der Waals surface area (Å²) < 4.78 is 26.3. The summed E-state index contributed by atoms with van der Waals surface area (Å²) in [4.78, 5) is 12.6. The number of aryl methyl sites for hydroxylation is 1. The van der Waals surface area contributed by atoms with Crippen molar-refractivity contribution in [1.82, 2.24) is 9.62 Å². The molecule has 1 atom stereocenters. The van der Waals surface area contributed by atoms with Gasteiger partial charge in [0.2, 0.25) is 15.9 Å². The van der Waals surface area contributed by atoms with E-state index in [1.165, 1.54) is 12.6 Å². The van der Waals surface area contributed by atoms with Crippen LogP contribution in [0, 0.1) is 6.92 Å². The van der Waals surface area contributed by atoms with Crippen molar-refractivity contribution in [2.45, 2.75) is 51.0 Å². The second-order valence-electron chi connectivity index (χ2n) is 8.24. The van der Waals surface area contributed by atoms with Gasteiger partial charge < -0.3 is 5.32 Å². The molecule has 0 aliphatic heterocycles. The van der Waals surface area contributed by atoms with Gasteiger partial charge in [0.1, 0.15) is 0 Å². The quantitative estimate of drug-likeness (QED) is 0.799. The van der Waals surface area contributed by atoms with Crippen molar-refractivity contribution in [3.05, 3.63) is 65.2 Å². The van der Waals surface area contributed by atoms with Gasteiger partial charge in [0.15, 0.2) is 0 Å². The molecule has 1 N–H and O–H groups in total. The van der Waals surface area contributed by atoms with Gasteiger partial charge in [-0.1, -0.05) is 62.7 Å². The Bertz CT molecular complexity index is 912. The maximum absolute atomic E-state index is 12.6. The molecule has 0 aromatic heterocycles. The lowest BCUT2D eigenvalue weighted by Crippen LogP contribution is -2.39. The van der Waals surface area contributed by atoms with E-state index in [1.54, 1.807) is 24.3 Å². The Labute approximate surface area is 168 Å². The fraction of sp³-hybridized carbons (Fsp3) is 0.409. The van der Waals surface area contributed by atoms with Crippen molar-refractivity contribution < 1.29 is 13.2 Å². The van der Waals surface area contributed by atoms with E-state index in [2.05, 4.69) is 38.2 Å². The van der Waals surface area contributed by atoms with E-state index in [4.69, 9.17) is 0 Å². The van der Waals surface area contributed by atoms with Crippen LogP contribution >= 0.6 is 0 Å². The fourth-order valence-corrected chi connectivity index (χ4v) is 3.95. The van der Waals surface area contributed by atoms with Crippen LogP contribution in [0.25, 0.3) is 0 Å². The molecule has 2 rings (SSSR count). The smallest absolute Gasteiger partial charge is 0.243 e. The molecule has 0 bridgehead atoms. The molecule has 0 fully saturated rings. The summed E-state index contributed by atoms with van der Waals surface area (Å²) in [5.41, 5.74) is 3.24. The number of rotatable bonds is 6. The zero-order valence-corrected chi connectivity index (χ0v) is 18.3. The van der Waals surface area contributed by atoms with Crippen LogP contribution in [-0.4, -0.2) is 32.2 Å². The van der Waals surface area contributed by atoms with Gasteiger partial charge in [0, 0.05) is 7.05 Å². The number of carbonyl (C=O) groups excluding carboxylic acids is 1. The Morgan fingerprint density at radius 2 is 1.57 bits per heavy atom. The summed E-state index contributed by atoms with van der Waals surface area (Å²) in [5.74, 6) is -0.342. The first-order valence-electron chi connectivity index (χ1n) is 9.34. The molecule has 5 nitrogen and oxygen atoms in total. The summed E-state index contributed by atoms with van der Waals surface area (Å²) in [6.07, 6.45) is 0. The summed E-state index contributed by atoms with van der Waals surface area (Å²) >= 11 is 0. The number of likely N-dealkylation sites (N-methyl/N-ethyl adjacent to an activating group) is 1. The Kier molecular flexibility index (Phi) is 6.67. The lowest BCUT2D eigenvalue weighted by molar-refractivity contribution is -0.121. The summed E-state index contributed by atoms with van der Waals surface area (Å²) in [6.45, 7) is 9.99. The molecule has 0 saturated carbocycles. The monoisotopic (exact) mass is 402 g/mol. The molecule has 0 aliphatic rings. The maximum atomic E-state index is 12.6. The molecule has 0 unspecified atom stereocenters. The topological polar surface area (TPSA) is 66.5 Å². The van der Waals surface area contributed by atoms with Crippen molar-refractivity contribution >= 4 is 15.9 Å². The van der Waals surface area contributed by atoms with E-state index < -0.39 is 10.0 Å². The van der Waals surface area contributed by atoms with E-state index in [9.17, 15) is 13.2 Å². The van der Waals surface area contributed by atoms with Crippen LogP contribution in [0.2, 0.25) is 0 Å². The number of amides is 1. The molecule has 0 radical (unpaired) electrons. The van der Waals surface area contributed by atoms with Gasteiger partial charge in [-0.2, -0.15) is 4.31 Å². The molecule has 2 aromatic rings. The molecule has 1 amide bonds. The van der Waals surface area contributed by atoms with Gasteiger partial charge in [0.05, 0.1) is 17.5 Å². The van der Waals surface area contributed by atoms with Gasteiger partial charge in [-0.3, -0.25) is 4.79 Å². The van der Waals surface area contributed by atoms with Crippen molar-refractivity contribution in [3.63, 3.8) is 0 Å². The van der Waals surface area contributed by atoms with Crippen LogP contribution in [0.4, 0.5) is 0 Å². The highest BCUT2D eigenvalue weighted by Gasteiger charge is 2.23. The van der Waals surface area contributed by atoms with Crippen LogP contribution in [-0.2, 0) is 20.2 Å². The van der Waals surface area contributed by atoms with Gasteiger partial charge in [0.25, 0.3) is 0 Å².